The highest BCUT2D eigenvalue weighted by Gasteiger charge is 2.16. The SMILES string of the molecule is CCCCC[C@H](C)NC(=O)CSc1nc2ccccc2c(=O)n1-c1cccc(C)n1. The van der Waals surface area contributed by atoms with Gasteiger partial charge in [0.05, 0.1) is 16.7 Å². The van der Waals surface area contributed by atoms with Crippen molar-refractivity contribution >= 4 is 28.6 Å². The fourth-order valence-electron chi connectivity index (χ4n) is 3.28. The fraction of sp³-hybridized carbons (Fsp3) is 0.391. The van der Waals surface area contributed by atoms with Gasteiger partial charge in [-0.15, -0.1) is 0 Å². The normalized spacial score (nSPS) is 12.1. The molecule has 1 atom stereocenters. The minimum Gasteiger partial charge on any atom is -0.353 e. The highest BCUT2D eigenvalue weighted by Crippen LogP contribution is 2.20. The molecule has 0 saturated carbocycles. The van der Waals surface area contributed by atoms with Crippen LogP contribution in [0.4, 0.5) is 0 Å². The van der Waals surface area contributed by atoms with Gasteiger partial charge in [-0.05, 0) is 44.5 Å². The van der Waals surface area contributed by atoms with Gasteiger partial charge in [0, 0.05) is 11.7 Å². The van der Waals surface area contributed by atoms with Crippen LogP contribution in [0.3, 0.4) is 0 Å². The van der Waals surface area contributed by atoms with Crippen molar-refractivity contribution in [3.63, 3.8) is 0 Å². The van der Waals surface area contributed by atoms with Gasteiger partial charge in [-0.2, -0.15) is 0 Å². The van der Waals surface area contributed by atoms with Crippen LogP contribution in [0, 0.1) is 6.92 Å². The van der Waals surface area contributed by atoms with E-state index in [2.05, 4.69) is 22.2 Å². The molecular weight excluding hydrogens is 396 g/mol. The monoisotopic (exact) mass is 424 g/mol. The lowest BCUT2D eigenvalue weighted by Gasteiger charge is -2.15. The van der Waals surface area contributed by atoms with Crippen molar-refractivity contribution in [1.29, 1.82) is 0 Å². The third kappa shape index (κ3) is 5.48. The van der Waals surface area contributed by atoms with E-state index in [-0.39, 0.29) is 23.3 Å². The van der Waals surface area contributed by atoms with E-state index in [0.717, 1.165) is 25.0 Å². The minimum absolute atomic E-state index is 0.0600. The van der Waals surface area contributed by atoms with Gasteiger partial charge >= 0.3 is 0 Å². The Labute approximate surface area is 181 Å². The molecule has 0 saturated heterocycles. The summed E-state index contributed by atoms with van der Waals surface area (Å²) in [6, 6.07) is 12.9. The summed E-state index contributed by atoms with van der Waals surface area (Å²) in [6.07, 6.45) is 4.41. The van der Waals surface area contributed by atoms with Gasteiger partial charge in [0.1, 0.15) is 5.82 Å². The van der Waals surface area contributed by atoms with Crippen molar-refractivity contribution in [3.05, 3.63) is 58.5 Å². The molecule has 2 aromatic heterocycles. The topological polar surface area (TPSA) is 76.9 Å². The maximum Gasteiger partial charge on any atom is 0.267 e. The number of benzene rings is 1. The first kappa shape index (κ1) is 22.0. The lowest BCUT2D eigenvalue weighted by Crippen LogP contribution is -2.34. The molecule has 3 aromatic rings. The molecule has 30 heavy (non-hydrogen) atoms. The van der Waals surface area contributed by atoms with E-state index in [1.807, 2.05) is 44.2 Å². The summed E-state index contributed by atoms with van der Waals surface area (Å²) in [5.41, 5.74) is 1.24. The zero-order valence-electron chi connectivity index (χ0n) is 17.7. The van der Waals surface area contributed by atoms with E-state index in [1.165, 1.54) is 22.7 Å². The molecule has 1 aromatic carbocycles. The molecule has 6 nitrogen and oxygen atoms in total. The number of fused-ring (bicyclic) bond motifs is 1. The lowest BCUT2D eigenvalue weighted by atomic mass is 10.1. The van der Waals surface area contributed by atoms with E-state index in [9.17, 15) is 9.59 Å². The van der Waals surface area contributed by atoms with E-state index < -0.39 is 0 Å². The van der Waals surface area contributed by atoms with Crippen LogP contribution in [0.1, 0.15) is 45.2 Å². The number of thioether (sulfide) groups is 1. The minimum atomic E-state index is -0.186. The predicted molar refractivity (Wildman–Crippen MR) is 122 cm³/mol. The zero-order valence-corrected chi connectivity index (χ0v) is 18.5. The van der Waals surface area contributed by atoms with Crippen LogP contribution >= 0.6 is 11.8 Å². The van der Waals surface area contributed by atoms with Gasteiger partial charge in [-0.1, -0.05) is 56.1 Å². The van der Waals surface area contributed by atoms with Gasteiger partial charge in [-0.25, -0.2) is 14.5 Å². The Bertz CT molecular complexity index is 1080. The van der Waals surface area contributed by atoms with E-state index in [1.54, 1.807) is 12.1 Å². The first-order valence-electron chi connectivity index (χ1n) is 10.4. The lowest BCUT2D eigenvalue weighted by molar-refractivity contribution is -0.119. The number of nitrogens with zero attached hydrogens (tertiary/aromatic N) is 3. The van der Waals surface area contributed by atoms with Crippen molar-refractivity contribution in [1.82, 2.24) is 19.9 Å². The van der Waals surface area contributed by atoms with Crippen LogP contribution < -0.4 is 10.9 Å². The average Bonchev–Trinajstić information content (AvgIpc) is 2.72. The summed E-state index contributed by atoms with van der Waals surface area (Å²) in [6.45, 7) is 6.07. The number of carbonyl (C=O) groups is 1. The van der Waals surface area contributed by atoms with E-state index in [0.29, 0.717) is 21.9 Å². The second kappa shape index (κ2) is 10.4. The van der Waals surface area contributed by atoms with Crippen LogP contribution in [0.15, 0.2) is 52.4 Å². The van der Waals surface area contributed by atoms with Crippen molar-refractivity contribution in [2.45, 2.75) is 57.7 Å². The number of amides is 1. The summed E-state index contributed by atoms with van der Waals surface area (Å²) in [5, 5.41) is 4.03. The van der Waals surface area contributed by atoms with E-state index >= 15 is 0 Å². The summed E-state index contributed by atoms with van der Waals surface area (Å²) in [5.74, 6) is 0.638. The molecule has 0 fully saturated rings. The Kier molecular flexibility index (Phi) is 7.63. The Morgan fingerprint density at radius 2 is 1.93 bits per heavy atom. The highest BCUT2D eigenvalue weighted by molar-refractivity contribution is 7.99. The summed E-state index contributed by atoms with van der Waals surface area (Å²) in [4.78, 5) is 34.8. The van der Waals surface area contributed by atoms with Crippen molar-refractivity contribution in [3.8, 4) is 5.82 Å². The Hall–Kier alpha value is -2.67. The number of aryl methyl sites for hydroxylation is 1. The Morgan fingerprint density at radius 3 is 2.70 bits per heavy atom. The summed E-state index contributed by atoms with van der Waals surface area (Å²) < 4.78 is 1.50. The quantitative estimate of drug-likeness (QED) is 0.315. The molecule has 0 aliphatic rings. The van der Waals surface area contributed by atoms with Crippen LogP contribution in [0.25, 0.3) is 16.7 Å². The summed E-state index contributed by atoms with van der Waals surface area (Å²) in [7, 11) is 0. The number of pyridine rings is 1. The van der Waals surface area contributed by atoms with E-state index in [4.69, 9.17) is 0 Å². The van der Waals surface area contributed by atoms with Crippen molar-refractivity contribution in [2.75, 3.05) is 5.75 Å². The van der Waals surface area contributed by atoms with Gasteiger partial charge in [0.2, 0.25) is 5.91 Å². The highest BCUT2D eigenvalue weighted by atomic mass is 32.2. The largest absolute Gasteiger partial charge is 0.353 e. The number of unbranched alkanes of at least 4 members (excludes halogenated alkanes) is 2. The molecule has 7 heteroatoms. The molecule has 3 rings (SSSR count). The van der Waals surface area contributed by atoms with Crippen LogP contribution in [0.5, 0.6) is 0 Å². The number of hydrogen-bond donors (Lipinski definition) is 1. The number of nitrogens with one attached hydrogen (secondary N) is 1. The number of carbonyl (C=O) groups excluding carboxylic acids is 1. The smallest absolute Gasteiger partial charge is 0.267 e. The number of hydrogen-bond acceptors (Lipinski definition) is 5. The van der Waals surface area contributed by atoms with Crippen LogP contribution in [-0.2, 0) is 4.79 Å². The molecule has 158 valence electrons. The van der Waals surface area contributed by atoms with Crippen molar-refractivity contribution < 1.29 is 4.79 Å². The van der Waals surface area contributed by atoms with Crippen LogP contribution in [0.2, 0.25) is 0 Å². The number of rotatable bonds is 9. The maximum atomic E-state index is 13.2. The zero-order chi connectivity index (χ0) is 21.5. The standard InChI is InChI=1S/C23H28N4O2S/c1-4-5-6-10-17(3)25-21(28)15-30-23-26-19-13-8-7-12-18(19)22(29)27(23)20-14-9-11-16(2)24-20/h7-9,11-14,17H,4-6,10,15H2,1-3H3,(H,25,28)/t17-/m0/s1. The first-order valence-corrected chi connectivity index (χ1v) is 11.4. The fourth-order valence-corrected chi connectivity index (χ4v) is 4.10. The second-order valence-electron chi connectivity index (χ2n) is 7.44. The summed E-state index contributed by atoms with van der Waals surface area (Å²) >= 11 is 1.25. The molecule has 0 radical (unpaired) electrons. The molecule has 1 amide bonds. The molecule has 0 aliphatic heterocycles. The molecule has 0 spiro atoms. The number of para-hydroxylation sites is 1. The van der Waals surface area contributed by atoms with Crippen LogP contribution in [-0.4, -0.2) is 32.2 Å². The van der Waals surface area contributed by atoms with Gasteiger partial charge < -0.3 is 5.32 Å². The maximum absolute atomic E-state index is 13.2. The van der Waals surface area contributed by atoms with Gasteiger partial charge in [0.15, 0.2) is 5.16 Å². The Morgan fingerprint density at radius 1 is 1.13 bits per heavy atom. The molecule has 0 aliphatic carbocycles. The Balaban J connectivity index is 1.85. The third-order valence-corrected chi connectivity index (χ3v) is 5.77. The molecule has 0 unspecified atom stereocenters. The van der Waals surface area contributed by atoms with Crippen molar-refractivity contribution in [2.24, 2.45) is 0 Å². The predicted octanol–water partition coefficient (Wildman–Crippen LogP) is 4.27. The third-order valence-electron chi connectivity index (χ3n) is 4.83. The van der Waals surface area contributed by atoms with Gasteiger partial charge in [-0.3, -0.25) is 9.59 Å². The second-order valence-corrected chi connectivity index (χ2v) is 8.38. The average molecular weight is 425 g/mol. The van der Waals surface area contributed by atoms with Gasteiger partial charge in [0.25, 0.3) is 5.56 Å². The molecule has 1 N–H and O–H groups in total. The molecule has 2 heterocycles. The first-order chi connectivity index (χ1) is 14.5. The molecular formula is C23H28N4O2S. The number of aromatic nitrogens is 3. The molecule has 0 bridgehead atoms.